The van der Waals surface area contributed by atoms with E-state index in [1.165, 1.54) is 30.5 Å². The van der Waals surface area contributed by atoms with Gasteiger partial charge in [-0.2, -0.15) is 0 Å². The zero-order valence-corrected chi connectivity index (χ0v) is 16.8. The number of ether oxygens (including phenoxy) is 1. The van der Waals surface area contributed by atoms with Crippen molar-refractivity contribution in [2.45, 2.75) is 13.5 Å². The lowest BCUT2D eigenvalue weighted by atomic mass is 10.0. The van der Waals surface area contributed by atoms with Crippen molar-refractivity contribution in [3.05, 3.63) is 111 Å². The van der Waals surface area contributed by atoms with E-state index in [0.717, 1.165) is 6.07 Å². The molecule has 0 spiro atoms. The van der Waals surface area contributed by atoms with E-state index in [4.69, 9.17) is 4.74 Å². The Bertz CT molecular complexity index is 1330. The zero-order chi connectivity index (χ0) is 22.0. The zero-order valence-electron chi connectivity index (χ0n) is 16.8. The number of ketones is 1. The molecule has 0 aliphatic carbocycles. The predicted molar refractivity (Wildman–Crippen MR) is 115 cm³/mol. The highest BCUT2D eigenvalue weighted by Gasteiger charge is 2.18. The molecular weight excluding hydrogens is 400 g/mol. The first-order valence-electron chi connectivity index (χ1n) is 9.81. The topological polar surface area (TPSA) is 48.3 Å². The summed E-state index contributed by atoms with van der Waals surface area (Å²) in [5.41, 5.74) is 0.781. The summed E-state index contributed by atoms with van der Waals surface area (Å²) >= 11 is 0. The molecule has 0 bridgehead atoms. The highest BCUT2D eigenvalue weighted by Crippen LogP contribution is 2.19. The normalized spacial score (nSPS) is 10.9. The highest BCUT2D eigenvalue weighted by molar-refractivity contribution is 6.10. The predicted octanol–water partition coefficient (Wildman–Crippen LogP) is 4.96. The average molecular weight is 419 g/mol. The second kappa shape index (κ2) is 8.52. The molecule has 0 radical (unpaired) electrons. The molecule has 0 amide bonds. The highest BCUT2D eigenvalue weighted by atomic mass is 19.1. The molecule has 156 valence electrons. The number of nitrogens with zero attached hydrogens (tertiary/aromatic N) is 1. The van der Waals surface area contributed by atoms with Crippen LogP contribution in [-0.4, -0.2) is 17.0 Å². The van der Waals surface area contributed by atoms with Gasteiger partial charge in [0.15, 0.2) is 5.78 Å². The van der Waals surface area contributed by atoms with E-state index in [-0.39, 0.29) is 23.3 Å². The number of pyridine rings is 1. The third-order valence-electron chi connectivity index (χ3n) is 4.96. The first kappa shape index (κ1) is 20.5. The second-order valence-corrected chi connectivity index (χ2v) is 7.08. The van der Waals surface area contributed by atoms with Gasteiger partial charge in [0.2, 0.25) is 5.43 Å². The number of rotatable bonds is 6. The Hall–Kier alpha value is -3.80. The first-order valence-corrected chi connectivity index (χ1v) is 9.81. The van der Waals surface area contributed by atoms with Crippen molar-refractivity contribution in [2.24, 2.45) is 0 Å². The van der Waals surface area contributed by atoms with Gasteiger partial charge in [0.25, 0.3) is 0 Å². The monoisotopic (exact) mass is 419 g/mol. The summed E-state index contributed by atoms with van der Waals surface area (Å²) in [6, 6.07) is 16.4. The molecule has 0 saturated heterocycles. The number of hydrogen-bond donors (Lipinski definition) is 0. The van der Waals surface area contributed by atoms with E-state index in [9.17, 15) is 18.4 Å². The Balaban J connectivity index is 1.84. The van der Waals surface area contributed by atoms with Gasteiger partial charge in [-0.3, -0.25) is 9.59 Å². The van der Waals surface area contributed by atoms with Crippen LogP contribution in [-0.2, 0) is 6.54 Å². The van der Waals surface area contributed by atoms with Gasteiger partial charge in [0.05, 0.1) is 17.7 Å². The maximum absolute atomic E-state index is 13.9. The molecule has 1 aromatic heterocycles. The van der Waals surface area contributed by atoms with Crippen molar-refractivity contribution >= 4 is 16.7 Å². The molecule has 0 fully saturated rings. The minimum absolute atomic E-state index is 0.0846. The minimum atomic E-state index is -0.576. The number of halogens is 2. The number of fused-ring (bicyclic) bond motifs is 1. The quantitative estimate of drug-likeness (QED) is 0.415. The molecule has 4 aromatic rings. The molecule has 3 aromatic carbocycles. The summed E-state index contributed by atoms with van der Waals surface area (Å²) in [5.74, 6) is -0.831. The Morgan fingerprint density at radius 1 is 0.968 bits per heavy atom. The van der Waals surface area contributed by atoms with Gasteiger partial charge >= 0.3 is 0 Å². The van der Waals surface area contributed by atoms with Crippen LogP contribution in [0.1, 0.15) is 28.4 Å². The van der Waals surface area contributed by atoms with Gasteiger partial charge in [-0.05, 0) is 67.1 Å². The van der Waals surface area contributed by atoms with E-state index in [1.807, 2.05) is 6.92 Å². The third kappa shape index (κ3) is 4.23. The van der Waals surface area contributed by atoms with Crippen molar-refractivity contribution in [3.8, 4) is 5.75 Å². The first-order chi connectivity index (χ1) is 15.0. The standard InChI is InChI=1S/C25H19F2NO3/c1-2-31-20-9-6-17(7-10-20)24(29)22-15-28(14-16-4-3-5-18(26)12-16)23-11-8-19(27)13-21(23)25(22)30/h3-13,15H,2,14H2,1H3. The smallest absolute Gasteiger partial charge is 0.200 e. The van der Waals surface area contributed by atoms with Gasteiger partial charge in [0, 0.05) is 23.7 Å². The fraction of sp³-hybridized carbons (Fsp3) is 0.120. The molecule has 31 heavy (non-hydrogen) atoms. The number of aromatic nitrogens is 1. The number of carbonyl (C=O) groups excluding carboxylic acids is 1. The van der Waals surface area contributed by atoms with Crippen LogP contribution < -0.4 is 10.2 Å². The van der Waals surface area contributed by atoms with Crippen LogP contribution in [0.15, 0.2) is 77.7 Å². The molecule has 0 unspecified atom stereocenters. The Morgan fingerprint density at radius 2 is 1.71 bits per heavy atom. The van der Waals surface area contributed by atoms with Gasteiger partial charge in [-0.1, -0.05) is 12.1 Å². The summed E-state index contributed by atoms with van der Waals surface area (Å²) in [6.07, 6.45) is 1.45. The van der Waals surface area contributed by atoms with Crippen molar-refractivity contribution in [1.29, 1.82) is 0 Å². The van der Waals surface area contributed by atoms with Crippen molar-refractivity contribution in [2.75, 3.05) is 6.61 Å². The minimum Gasteiger partial charge on any atom is -0.494 e. The molecule has 0 aliphatic heterocycles. The molecule has 0 saturated carbocycles. The number of carbonyl (C=O) groups is 1. The molecule has 4 nitrogen and oxygen atoms in total. The largest absolute Gasteiger partial charge is 0.494 e. The fourth-order valence-electron chi connectivity index (χ4n) is 3.52. The van der Waals surface area contributed by atoms with E-state index in [0.29, 0.717) is 29.0 Å². The van der Waals surface area contributed by atoms with Crippen LogP contribution in [0.25, 0.3) is 10.9 Å². The van der Waals surface area contributed by atoms with Crippen molar-refractivity contribution in [3.63, 3.8) is 0 Å². The van der Waals surface area contributed by atoms with Crippen LogP contribution in [0.2, 0.25) is 0 Å². The molecule has 0 atom stereocenters. The molecule has 0 N–H and O–H groups in total. The van der Waals surface area contributed by atoms with Gasteiger partial charge in [-0.15, -0.1) is 0 Å². The number of benzene rings is 3. The third-order valence-corrected chi connectivity index (χ3v) is 4.96. The molecular formula is C25H19F2NO3. The van der Waals surface area contributed by atoms with E-state index in [1.54, 1.807) is 41.0 Å². The van der Waals surface area contributed by atoms with Crippen LogP contribution in [0.5, 0.6) is 5.75 Å². The summed E-state index contributed by atoms with van der Waals surface area (Å²) in [7, 11) is 0. The van der Waals surface area contributed by atoms with Gasteiger partial charge in [0.1, 0.15) is 17.4 Å². The van der Waals surface area contributed by atoms with Crippen LogP contribution in [0.4, 0.5) is 8.78 Å². The Kier molecular flexibility index (Phi) is 5.62. The van der Waals surface area contributed by atoms with Crippen LogP contribution in [0.3, 0.4) is 0 Å². The maximum Gasteiger partial charge on any atom is 0.200 e. The summed E-state index contributed by atoms with van der Waals surface area (Å²) in [6.45, 7) is 2.56. The van der Waals surface area contributed by atoms with Gasteiger partial charge in [-0.25, -0.2) is 8.78 Å². The molecule has 0 aliphatic rings. The average Bonchev–Trinajstić information content (AvgIpc) is 2.76. The second-order valence-electron chi connectivity index (χ2n) is 7.08. The lowest BCUT2D eigenvalue weighted by Gasteiger charge is -2.14. The van der Waals surface area contributed by atoms with Crippen LogP contribution in [0, 0.1) is 11.6 Å². The van der Waals surface area contributed by atoms with Crippen LogP contribution >= 0.6 is 0 Å². The Labute approximate surface area is 177 Å². The maximum atomic E-state index is 13.9. The van der Waals surface area contributed by atoms with E-state index in [2.05, 4.69) is 0 Å². The molecule has 1 heterocycles. The van der Waals surface area contributed by atoms with Gasteiger partial charge < -0.3 is 9.30 Å². The summed E-state index contributed by atoms with van der Waals surface area (Å²) in [4.78, 5) is 26.2. The number of hydrogen-bond acceptors (Lipinski definition) is 3. The SMILES string of the molecule is CCOc1ccc(C(=O)c2cn(Cc3cccc(F)c3)c3ccc(F)cc3c2=O)cc1. The lowest BCUT2D eigenvalue weighted by molar-refractivity contribution is 0.103. The summed E-state index contributed by atoms with van der Waals surface area (Å²) < 4.78 is 34.6. The van der Waals surface area contributed by atoms with Crippen molar-refractivity contribution in [1.82, 2.24) is 4.57 Å². The summed E-state index contributed by atoms with van der Waals surface area (Å²) in [5, 5.41) is 0.0909. The molecule has 6 heteroatoms. The Morgan fingerprint density at radius 3 is 2.42 bits per heavy atom. The molecule has 4 rings (SSSR count). The fourth-order valence-corrected chi connectivity index (χ4v) is 3.52. The van der Waals surface area contributed by atoms with E-state index < -0.39 is 17.0 Å². The van der Waals surface area contributed by atoms with Crippen molar-refractivity contribution < 1.29 is 18.3 Å². The lowest BCUT2D eigenvalue weighted by Crippen LogP contribution is -2.20. The van der Waals surface area contributed by atoms with E-state index >= 15 is 0 Å².